The first-order chi connectivity index (χ1) is 53.6. The molecule has 0 bridgehead atoms. The van der Waals surface area contributed by atoms with Crippen molar-refractivity contribution in [2.75, 3.05) is 39.3 Å². The van der Waals surface area contributed by atoms with Crippen molar-refractivity contribution in [2.45, 2.75) is 281 Å². The van der Waals surface area contributed by atoms with E-state index >= 15 is 0 Å². The van der Waals surface area contributed by atoms with Gasteiger partial charge in [-0.05, 0) is 168 Å². The zero-order chi connectivity index (χ0) is 86.2. The van der Waals surface area contributed by atoms with Gasteiger partial charge in [-0.1, -0.05) is 34.1 Å². The Balaban J connectivity index is 2.34. The highest BCUT2D eigenvalue weighted by Crippen LogP contribution is 2.23. The maximum atomic E-state index is 14.7. The van der Waals surface area contributed by atoms with Gasteiger partial charge in [0.15, 0.2) is 5.96 Å². The molecule has 0 aromatic carbocycles. The predicted octanol–water partition coefficient (Wildman–Crippen LogP) is -7.36. The number of nitrogens with two attached hydrogens (primary N) is 7. The van der Waals surface area contributed by atoms with Gasteiger partial charge >= 0.3 is 11.9 Å². The van der Waals surface area contributed by atoms with Crippen molar-refractivity contribution in [2.24, 2.45) is 52.0 Å². The standard InChI is InChI=1S/C71H125N23O20/c1-36(2)54(66(109)83-38(5)56(99)81-39(6)59(102)90-48(70(113)114)25-28-52(77)96)91-63(106)43(19-10-13-31-73)86-62(105)44(21-15-33-80-71(78)79)87-64(107)49-22-16-34-93(49)68(111)46(20-11-14-32-74)88-58(101)40(7)82-61(104)45(24-27-51(76)95)85-57(100)41(8)84-67(110)55(37(3)4)92-65(108)50-23-17-35-94(50)69(112)47(26-29-53(97)98)89-60(103)42(75)18-9-12-30-72/h36-50,54-55H,9-35,72-75H2,1-8H3,(H2,76,95)(H2,77,96)(H,81,99)(H,82,104)(H,83,109)(H,84,110)(H,85,100)(H,86,105)(H,87,107)(H,88,101)(H,89,103)(H,90,102)(H,91,106)(H,92,108)(H,97,98)(H,113,114)(H4,78,79,80)/t38-,39-,40-,41-,42-,43-,44-,45-,46-,47-,48-,49-,50-,54-,55-/m0/s1. The SMILES string of the molecule is CC(C)[C@H](NC(=O)[C@H](CCCCN)NC(=O)[C@H](CCCNC(=N)N)NC(=O)[C@@H]1CCCN1C(=O)[C@H](CCCCN)NC(=O)[C@H](C)NC(=O)[C@H](CCC(N)=O)NC(=O)[C@H](C)NC(=O)[C@@H](NC(=O)[C@@H]1CCCN1C(=O)[C@H](CCC(=O)O)NC(=O)[C@@H](N)CCCCN)C(C)C)C(=O)N[C@@H](C)C(=O)N[C@@H](C)C(=O)N[C@@H](CCC(N)=O)C(=O)O. The third-order valence-electron chi connectivity index (χ3n) is 19.1. The zero-order valence-corrected chi connectivity index (χ0v) is 66.6. The summed E-state index contributed by atoms with van der Waals surface area (Å²) in [4.78, 5) is 244. The molecule has 15 atom stereocenters. The van der Waals surface area contributed by atoms with E-state index in [0.717, 1.165) is 0 Å². The number of likely N-dealkylation sites (tertiary alicyclic amines) is 2. The molecule has 2 saturated heterocycles. The Morgan fingerprint density at radius 3 is 1.16 bits per heavy atom. The van der Waals surface area contributed by atoms with Gasteiger partial charge in [-0.2, -0.15) is 0 Å². The molecule has 644 valence electrons. The molecule has 2 heterocycles. The second-order valence-corrected chi connectivity index (χ2v) is 29.4. The van der Waals surface area contributed by atoms with Crippen LogP contribution in [0.3, 0.4) is 0 Å². The highest BCUT2D eigenvalue weighted by Gasteiger charge is 2.43. The van der Waals surface area contributed by atoms with Gasteiger partial charge in [-0.3, -0.25) is 86.9 Å². The lowest BCUT2D eigenvalue weighted by molar-refractivity contribution is -0.143. The fourth-order valence-corrected chi connectivity index (χ4v) is 12.4. The lowest BCUT2D eigenvalue weighted by Crippen LogP contribution is -2.61. The molecule has 0 radical (unpaired) electrons. The van der Waals surface area contributed by atoms with Crippen LogP contribution in [0.5, 0.6) is 0 Å². The van der Waals surface area contributed by atoms with Crippen molar-refractivity contribution in [3.8, 4) is 0 Å². The van der Waals surface area contributed by atoms with Gasteiger partial charge in [0, 0.05) is 38.9 Å². The minimum atomic E-state index is -1.58. The van der Waals surface area contributed by atoms with Crippen molar-refractivity contribution < 1.29 is 96.5 Å². The van der Waals surface area contributed by atoms with Gasteiger partial charge in [0.05, 0.1) is 6.04 Å². The quantitative estimate of drug-likeness (QED) is 0.0153. The van der Waals surface area contributed by atoms with Crippen LogP contribution in [-0.2, 0) is 86.3 Å². The van der Waals surface area contributed by atoms with E-state index in [1.807, 2.05) is 0 Å². The van der Waals surface area contributed by atoms with E-state index in [-0.39, 0.29) is 116 Å². The first-order valence-electron chi connectivity index (χ1n) is 38.8. The molecule has 2 rings (SSSR count). The smallest absolute Gasteiger partial charge is 0.326 e. The molecule has 0 aromatic rings. The second kappa shape index (κ2) is 51.3. The van der Waals surface area contributed by atoms with Crippen LogP contribution in [0.4, 0.5) is 0 Å². The molecule has 0 aliphatic carbocycles. The minimum Gasteiger partial charge on any atom is -0.481 e. The van der Waals surface area contributed by atoms with E-state index in [0.29, 0.717) is 38.6 Å². The van der Waals surface area contributed by atoms with Crippen molar-refractivity contribution >= 4 is 112 Å². The number of amides is 16. The van der Waals surface area contributed by atoms with Crippen LogP contribution in [0.2, 0.25) is 0 Å². The Bertz CT molecular complexity index is 3330. The number of aliphatic carboxylic acids is 2. The summed E-state index contributed by atoms with van der Waals surface area (Å²) in [7, 11) is 0. The number of unbranched alkanes of at least 4 members (excludes halogenated alkanes) is 3. The molecule has 30 N–H and O–H groups in total. The first-order valence-corrected chi connectivity index (χ1v) is 38.8. The number of guanidine groups is 1. The fourth-order valence-electron chi connectivity index (χ4n) is 12.4. The number of carboxylic acid groups (broad SMARTS) is 2. The van der Waals surface area contributed by atoms with Gasteiger partial charge in [-0.25, -0.2) is 4.79 Å². The van der Waals surface area contributed by atoms with Gasteiger partial charge in [0.2, 0.25) is 94.5 Å². The van der Waals surface area contributed by atoms with Crippen molar-refractivity contribution in [1.82, 2.24) is 78.9 Å². The lowest BCUT2D eigenvalue weighted by atomic mass is 10.0. The number of carboxylic acids is 2. The van der Waals surface area contributed by atoms with Gasteiger partial charge in [0.1, 0.15) is 84.6 Å². The van der Waals surface area contributed by atoms with Crippen molar-refractivity contribution in [3.63, 3.8) is 0 Å². The second-order valence-electron chi connectivity index (χ2n) is 29.4. The van der Waals surface area contributed by atoms with Gasteiger partial charge < -0.3 is 129 Å². The third kappa shape index (κ3) is 35.3. The summed E-state index contributed by atoms with van der Waals surface area (Å²) >= 11 is 0. The number of nitrogens with one attached hydrogen (secondary N) is 14. The Labute approximate surface area is 663 Å². The molecule has 0 saturated carbocycles. The molecule has 16 amide bonds. The lowest BCUT2D eigenvalue weighted by Gasteiger charge is -2.31. The first kappa shape index (κ1) is 99.6. The van der Waals surface area contributed by atoms with Crippen LogP contribution in [0, 0.1) is 17.2 Å². The molecule has 0 spiro atoms. The number of primary amides is 2. The molecule has 2 aliphatic heterocycles. The van der Waals surface area contributed by atoms with E-state index in [9.17, 15) is 96.5 Å². The summed E-state index contributed by atoms with van der Waals surface area (Å²) in [5.74, 6) is -17.9. The van der Waals surface area contributed by atoms with E-state index in [1.54, 1.807) is 27.7 Å². The number of carbonyl (C=O) groups excluding carboxylic acids is 16. The Kier molecular flexibility index (Phi) is 44.9. The topological polar surface area (TPSA) is 717 Å². The number of nitrogens with zero attached hydrogens (tertiary/aromatic N) is 2. The average molecular weight is 1620 g/mol. The van der Waals surface area contributed by atoms with Crippen molar-refractivity contribution in [3.05, 3.63) is 0 Å². The number of carbonyl (C=O) groups is 18. The van der Waals surface area contributed by atoms with E-state index in [4.69, 9.17) is 45.5 Å². The van der Waals surface area contributed by atoms with Crippen LogP contribution in [0.15, 0.2) is 0 Å². The van der Waals surface area contributed by atoms with Gasteiger partial charge in [0.25, 0.3) is 0 Å². The van der Waals surface area contributed by atoms with Gasteiger partial charge in [-0.15, -0.1) is 0 Å². The highest BCUT2D eigenvalue weighted by molar-refractivity contribution is 6.01. The van der Waals surface area contributed by atoms with Crippen LogP contribution < -0.4 is 109 Å². The summed E-state index contributed by atoms with van der Waals surface area (Å²) in [6.07, 6.45) is 1.10. The summed E-state index contributed by atoms with van der Waals surface area (Å²) < 4.78 is 0. The number of rotatable bonds is 54. The Morgan fingerprint density at radius 2 is 0.711 bits per heavy atom. The number of hydrogen-bond acceptors (Lipinski definition) is 23. The molecule has 0 unspecified atom stereocenters. The summed E-state index contributed by atoms with van der Waals surface area (Å²) in [6.45, 7) is 12.3. The normalized spacial score (nSPS) is 17.3. The molecule has 0 aromatic heterocycles. The molecule has 2 fully saturated rings. The molecule has 43 heteroatoms. The third-order valence-corrected chi connectivity index (χ3v) is 19.1. The van der Waals surface area contributed by atoms with E-state index in [2.05, 4.69) is 69.1 Å². The molecule has 2 aliphatic rings. The molecular weight excluding hydrogens is 1490 g/mol. The van der Waals surface area contributed by atoms with E-state index < -0.39 is 234 Å². The maximum Gasteiger partial charge on any atom is 0.326 e. The summed E-state index contributed by atoms with van der Waals surface area (Å²) in [5.41, 5.74) is 39.3. The van der Waals surface area contributed by atoms with Crippen LogP contribution in [-0.4, -0.2) is 262 Å². The molecule has 114 heavy (non-hydrogen) atoms. The highest BCUT2D eigenvalue weighted by atomic mass is 16.4. The summed E-state index contributed by atoms with van der Waals surface area (Å²) in [6, 6.07) is -20.2. The van der Waals surface area contributed by atoms with E-state index in [1.165, 1.54) is 37.5 Å². The van der Waals surface area contributed by atoms with Crippen molar-refractivity contribution in [1.29, 1.82) is 5.41 Å². The van der Waals surface area contributed by atoms with Crippen LogP contribution in [0.25, 0.3) is 0 Å². The largest absolute Gasteiger partial charge is 0.481 e. The Hall–Kier alpha value is -10.4. The monoisotopic (exact) mass is 1620 g/mol. The van der Waals surface area contributed by atoms with Crippen LogP contribution in [0.1, 0.15) is 190 Å². The zero-order valence-electron chi connectivity index (χ0n) is 66.6. The minimum absolute atomic E-state index is 0.000545. The van der Waals surface area contributed by atoms with Crippen LogP contribution >= 0.6 is 0 Å². The molecular formula is C71H125N23O20. The number of hydrogen-bond donors (Lipinski definition) is 23. The maximum absolute atomic E-state index is 14.7. The predicted molar refractivity (Wildman–Crippen MR) is 412 cm³/mol. The molecule has 43 nitrogen and oxygen atoms in total. The summed E-state index contributed by atoms with van der Waals surface area (Å²) in [5, 5.41) is 59.6. The fraction of sp³-hybridized carbons (Fsp3) is 0.732. The average Bonchev–Trinajstić information content (AvgIpc) is 1.75. The Morgan fingerprint density at radius 1 is 0.377 bits per heavy atom.